The van der Waals surface area contributed by atoms with Crippen LogP contribution in [0.2, 0.25) is 0 Å². The summed E-state index contributed by atoms with van der Waals surface area (Å²) in [7, 11) is 0. The summed E-state index contributed by atoms with van der Waals surface area (Å²) in [5.74, 6) is 0.801. The fourth-order valence-electron chi connectivity index (χ4n) is 4.45. The Kier molecular flexibility index (Phi) is 5.83. The van der Waals surface area contributed by atoms with E-state index in [0.717, 1.165) is 74.5 Å². The number of rotatable bonds is 6. The maximum absolute atomic E-state index is 11.0. The number of likely N-dealkylation sites (tertiary alicyclic amines) is 1. The van der Waals surface area contributed by atoms with Gasteiger partial charge < -0.3 is 14.8 Å². The van der Waals surface area contributed by atoms with Crippen LogP contribution in [0.4, 0.5) is 11.6 Å². The van der Waals surface area contributed by atoms with Gasteiger partial charge >= 0.3 is 0 Å². The highest BCUT2D eigenvalue weighted by Crippen LogP contribution is 2.34. The molecule has 166 valence electrons. The van der Waals surface area contributed by atoms with Crippen molar-refractivity contribution in [1.29, 1.82) is 0 Å². The number of anilines is 2. The quantitative estimate of drug-likeness (QED) is 0.484. The van der Waals surface area contributed by atoms with Crippen LogP contribution in [-0.2, 0) is 11.1 Å². The van der Waals surface area contributed by atoms with Gasteiger partial charge in [-0.3, -0.25) is 10.00 Å². The summed E-state index contributed by atoms with van der Waals surface area (Å²) < 4.78 is 21.9. The van der Waals surface area contributed by atoms with Crippen LogP contribution >= 0.6 is 0 Å². The number of aromatic amines is 1. The van der Waals surface area contributed by atoms with Crippen molar-refractivity contribution in [3.8, 4) is 11.3 Å². The maximum Gasteiger partial charge on any atom is 0.243 e. The molecule has 0 aliphatic carbocycles. The molecule has 12 heteroatoms. The SMILES string of the molecule is O=S(O)CN1CCC(Nc2nc3c(N4CCCCC4)c(-c4cn[nH]c4)ncn3n2)CC1. The van der Waals surface area contributed by atoms with Crippen molar-refractivity contribution < 1.29 is 8.76 Å². The van der Waals surface area contributed by atoms with Crippen molar-refractivity contribution in [1.82, 2.24) is 34.7 Å². The third-order valence-electron chi connectivity index (χ3n) is 6.02. The van der Waals surface area contributed by atoms with Gasteiger partial charge in [0.05, 0.1) is 6.20 Å². The molecule has 2 saturated heterocycles. The van der Waals surface area contributed by atoms with E-state index in [0.29, 0.717) is 5.95 Å². The summed E-state index contributed by atoms with van der Waals surface area (Å²) in [6, 6.07) is 0.237. The third kappa shape index (κ3) is 4.41. The van der Waals surface area contributed by atoms with E-state index < -0.39 is 11.1 Å². The Bertz CT molecular complexity index is 1040. The Balaban J connectivity index is 1.41. The van der Waals surface area contributed by atoms with Crippen LogP contribution in [-0.4, -0.2) is 81.5 Å². The van der Waals surface area contributed by atoms with Crippen LogP contribution in [0.1, 0.15) is 32.1 Å². The summed E-state index contributed by atoms with van der Waals surface area (Å²) in [4.78, 5) is 13.9. The van der Waals surface area contributed by atoms with Gasteiger partial charge in [0.15, 0.2) is 16.7 Å². The molecule has 5 rings (SSSR count). The minimum absolute atomic E-state index is 0.209. The van der Waals surface area contributed by atoms with Crippen molar-refractivity contribution in [3.63, 3.8) is 0 Å². The highest BCUT2D eigenvalue weighted by atomic mass is 32.2. The van der Waals surface area contributed by atoms with Gasteiger partial charge in [0, 0.05) is 44.0 Å². The van der Waals surface area contributed by atoms with E-state index in [4.69, 9.17) is 14.5 Å². The molecule has 2 fully saturated rings. The van der Waals surface area contributed by atoms with Crippen LogP contribution in [0.5, 0.6) is 0 Å². The molecule has 1 unspecified atom stereocenters. The van der Waals surface area contributed by atoms with Gasteiger partial charge in [0.2, 0.25) is 5.95 Å². The lowest BCUT2D eigenvalue weighted by molar-refractivity contribution is 0.247. The molecule has 0 bridgehead atoms. The standard InChI is InChI=1S/C19H27N9O2S/c29-31(30)13-26-8-4-15(5-9-26)23-19-24-18-17(27-6-2-1-3-7-27)16(14-10-21-22-11-14)20-12-28(18)25-19/h10-12,15H,1-9,13H2,(H,21,22)(H,23,25)(H,29,30). The van der Waals surface area contributed by atoms with Crippen molar-refractivity contribution in [3.05, 3.63) is 18.7 Å². The van der Waals surface area contributed by atoms with Crippen LogP contribution in [0.15, 0.2) is 18.7 Å². The van der Waals surface area contributed by atoms with E-state index in [1.807, 2.05) is 11.1 Å². The Hall–Kier alpha value is -2.57. The Morgan fingerprint density at radius 2 is 2.00 bits per heavy atom. The summed E-state index contributed by atoms with van der Waals surface area (Å²) in [5.41, 5.74) is 3.61. The highest BCUT2D eigenvalue weighted by molar-refractivity contribution is 7.79. The molecule has 3 aromatic heterocycles. The Labute approximate surface area is 182 Å². The smallest absolute Gasteiger partial charge is 0.243 e. The highest BCUT2D eigenvalue weighted by Gasteiger charge is 2.25. The molecule has 0 spiro atoms. The molecule has 0 aromatic carbocycles. The van der Waals surface area contributed by atoms with E-state index in [-0.39, 0.29) is 11.9 Å². The number of piperidine rings is 2. The van der Waals surface area contributed by atoms with Crippen molar-refractivity contribution in [2.75, 3.05) is 42.3 Å². The van der Waals surface area contributed by atoms with E-state index in [9.17, 15) is 4.21 Å². The monoisotopic (exact) mass is 445 g/mol. The second kappa shape index (κ2) is 8.89. The lowest BCUT2D eigenvalue weighted by Crippen LogP contribution is -2.40. The van der Waals surface area contributed by atoms with Gasteiger partial charge in [-0.1, -0.05) is 0 Å². The zero-order chi connectivity index (χ0) is 21.2. The van der Waals surface area contributed by atoms with Gasteiger partial charge in [-0.2, -0.15) is 14.6 Å². The van der Waals surface area contributed by atoms with Crippen LogP contribution in [0.3, 0.4) is 0 Å². The van der Waals surface area contributed by atoms with Gasteiger partial charge in [-0.05, 0) is 32.1 Å². The molecule has 31 heavy (non-hydrogen) atoms. The molecule has 11 nitrogen and oxygen atoms in total. The number of H-pyrrole nitrogens is 1. The first-order valence-electron chi connectivity index (χ1n) is 10.7. The van der Waals surface area contributed by atoms with Gasteiger partial charge in [-0.25, -0.2) is 9.19 Å². The van der Waals surface area contributed by atoms with Gasteiger partial charge in [0.25, 0.3) is 0 Å². The number of fused-ring (bicyclic) bond motifs is 1. The van der Waals surface area contributed by atoms with Crippen molar-refractivity contribution in [2.45, 2.75) is 38.1 Å². The lowest BCUT2D eigenvalue weighted by atomic mass is 10.1. The summed E-state index contributed by atoms with van der Waals surface area (Å²) in [5, 5.41) is 15.1. The molecule has 2 aliphatic heterocycles. The minimum Gasteiger partial charge on any atom is -0.367 e. The van der Waals surface area contributed by atoms with Crippen molar-refractivity contribution >= 4 is 28.4 Å². The first-order valence-corrected chi connectivity index (χ1v) is 12.0. The number of hydrogen-bond donors (Lipinski definition) is 3. The maximum atomic E-state index is 11.0. The topological polar surface area (TPSA) is 128 Å². The predicted octanol–water partition coefficient (Wildman–Crippen LogP) is 1.56. The number of hydrogen-bond acceptors (Lipinski definition) is 8. The normalized spacial score (nSPS) is 19.7. The molecule has 2 aliphatic rings. The van der Waals surface area contributed by atoms with Crippen LogP contribution in [0.25, 0.3) is 16.9 Å². The molecule has 0 radical (unpaired) electrons. The number of nitrogens with zero attached hydrogens (tertiary/aromatic N) is 7. The van der Waals surface area contributed by atoms with Crippen molar-refractivity contribution in [2.24, 2.45) is 0 Å². The number of nitrogens with one attached hydrogen (secondary N) is 2. The first kappa shape index (κ1) is 20.3. The lowest BCUT2D eigenvalue weighted by Gasteiger charge is -2.31. The van der Waals surface area contributed by atoms with E-state index in [2.05, 4.69) is 25.5 Å². The third-order valence-corrected chi connectivity index (χ3v) is 6.61. The average Bonchev–Trinajstić information content (AvgIpc) is 3.44. The van der Waals surface area contributed by atoms with Gasteiger partial charge in [0.1, 0.15) is 23.6 Å². The zero-order valence-corrected chi connectivity index (χ0v) is 18.1. The Morgan fingerprint density at radius 3 is 2.71 bits per heavy atom. The molecular weight excluding hydrogens is 418 g/mol. The minimum atomic E-state index is -1.78. The largest absolute Gasteiger partial charge is 0.367 e. The predicted molar refractivity (Wildman–Crippen MR) is 118 cm³/mol. The fraction of sp³-hybridized carbons (Fsp3) is 0.579. The number of aromatic nitrogens is 6. The van der Waals surface area contributed by atoms with Crippen LogP contribution in [0, 0.1) is 0 Å². The second-order valence-electron chi connectivity index (χ2n) is 8.17. The fourth-order valence-corrected chi connectivity index (χ4v) is 5.02. The average molecular weight is 446 g/mol. The molecule has 3 aromatic rings. The molecular formula is C19H27N9O2S. The van der Waals surface area contributed by atoms with Crippen LogP contribution < -0.4 is 10.2 Å². The van der Waals surface area contributed by atoms with Gasteiger partial charge in [-0.15, -0.1) is 5.10 Å². The molecule has 0 amide bonds. The molecule has 0 saturated carbocycles. The molecule has 1 atom stereocenters. The first-order chi connectivity index (χ1) is 15.2. The summed E-state index contributed by atoms with van der Waals surface area (Å²) >= 11 is -1.78. The van der Waals surface area contributed by atoms with E-state index in [1.165, 1.54) is 6.42 Å². The summed E-state index contributed by atoms with van der Waals surface area (Å²) in [6.07, 6.45) is 10.7. The Morgan fingerprint density at radius 1 is 1.19 bits per heavy atom. The summed E-state index contributed by atoms with van der Waals surface area (Å²) in [6.45, 7) is 3.52. The van der Waals surface area contributed by atoms with E-state index >= 15 is 0 Å². The molecule has 3 N–H and O–H groups in total. The molecule has 5 heterocycles. The van der Waals surface area contributed by atoms with E-state index in [1.54, 1.807) is 17.0 Å². The second-order valence-corrected chi connectivity index (χ2v) is 9.07. The zero-order valence-electron chi connectivity index (χ0n) is 17.3.